The Morgan fingerprint density at radius 1 is 1.28 bits per heavy atom. The van der Waals surface area contributed by atoms with Crippen LogP contribution in [0.2, 0.25) is 0 Å². The van der Waals surface area contributed by atoms with Gasteiger partial charge in [-0.25, -0.2) is 9.50 Å². The number of fused-ring (bicyclic) bond motifs is 1. The van der Waals surface area contributed by atoms with Crippen LogP contribution in [0, 0.1) is 10.1 Å². The van der Waals surface area contributed by atoms with Gasteiger partial charge in [-0.3, -0.25) is 14.9 Å². The maximum absolute atomic E-state index is 13.6. The first kappa shape index (κ1) is 20.2. The predicted octanol–water partition coefficient (Wildman–Crippen LogP) is 3.85. The van der Waals surface area contributed by atoms with E-state index in [1.807, 2.05) is 6.92 Å². The minimum atomic E-state index is -4.76. The molecule has 0 fully saturated rings. The summed E-state index contributed by atoms with van der Waals surface area (Å²) < 4.78 is 41.3. The van der Waals surface area contributed by atoms with E-state index < -0.39 is 22.7 Å². The fourth-order valence-electron chi connectivity index (χ4n) is 2.59. The summed E-state index contributed by atoms with van der Waals surface area (Å²) in [4.78, 5) is 26.5. The Bertz CT molecular complexity index is 1080. The smallest absolute Gasteiger partial charge is 0.348 e. The second-order valence-electron chi connectivity index (χ2n) is 6.41. The molecule has 0 aliphatic rings. The third-order valence-corrected chi connectivity index (χ3v) is 4.31. The number of nitro benzene ring substituents is 1. The number of nitrogens with one attached hydrogen (secondary N) is 1. The lowest BCUT2D eigenvalue weighted by molar-refractivity contribution is -0.384. The number of hydrogen-bond donors (Lipinski definition) is 1. The van der Waals surface area contributed by atoms with Crippen molar-refractivity contribution in [3.63, 3.8) is 0 Å². The van der Waals surface area contributed by atoms with Gasteiger partial charge in [0.15, 0.2) is 17.0 Å². The molecule has 0 aliphatic carbocycles. The monoisotopic (exact) mass is 407 g/mol. The summed E-state index contributed by atoms with van der Waals surface area (Å²) in [6.45, 7) is 3.62. The number of nitro groups is 1. The highest BCUT2D eigenvalue weighted by Crippen LogP contribution is 2.32. The summed E-state index contributed by atoms with van der Waals surface area (Å²) in [5.41, 5.74) is -1.45. The highest BCUT2D eigenvalue weighted by atomic mass is 19.4. The third-order valence-electron chi connectivity index (χ3n) is 4.31. The average Bonchev–Trinajstić information content (AvgIpc) is 3.10. The second-order valence-corrected chi connectivity index (χ2v) is 6.41. The Kier molecular flexibility index (Phi) is 5.23. The average molecular weight is 407 g/mol. The molecule has 0 unspecified atom stereocenters. The first-order valence-corrected chi connectivity index (χ1v) is 8.64. The summed E-state index contributed by atoms with van der Waals surface area (Å²) in [5.74, 6) is -0.602. The summed E-state index contributed by atoms with van der Waals surface area (Å²) in [6, 6.07) is 6.76. The summed E-state index contributed by atoms with van der Waals surface area (Å²) in [5, 5.41) is 17.2. The van der Waals surface area contributed by atoms with Crippen LogP contribution in [0.25, 0.3) is 16.9 Å². The van der Waals surface area contributed by atoms with Gasteiger partial charge in [0.25, 0.3) is 11.6 Å². The molecule has 0 saturated heterocycles. The van der Waals surface area contributed by atoms with E-state index in [-0.39, 0.29) is 34.3 Å². The molecule has 1 atom stereocenters. The third kappa shape index (κ3) is 4.18. The highest BCUT2D eigenvalue weighted by Gasteiger charge is 2.35. The van der Waals surface area contributed by atoms with Crippen LogP contribution in [-0.4, -0.2) is 31.5 Å². The molecule has 1 N–H and O–H groups in total. The summed E-state index contributed by atoms with van der Waals surface area (Å²) in [6.07, 6.45) is -4.11. The number of carbonyl (C=O) groups excluding carboxylic acids is 1. The predicted molar refractivity (Wildman–Crippen MR) is 97.3 cm³/mol. The van der Waals surface area contributed by atoms with Crippen LogP contribution in [0.15, 0.2) is 36.4 Å². The Morgan fingerprint density at radius 2 is 1.93 bits per heavy atom. The van der Waals surface area contributed by atoms with Crippen molar-refractivity contribution in [1.82, 2.24) is 19.9 Å². The van der Waals surface area contributed by atoms with E-state index in [0.29, 0.717) is 10.9 Å². The van der Waals surface area contributed by atoms with Crippen molar-refractivity contribution < 1.29 is 22.9 Å². The van der Waals surface area contributed by atoms with Gasteiger partial charge in [0.2, 0.25) is 0 Å². The number of benzene rings is 1. The van der Waals surface area contributed by atoms with Gasteiger partial charge in [0.05, 0.1) is 10.6 Å². The molecule has 8 nitrogen and oxygen atoms in total. The zero-order valence-electron chi connectivity index (χ0n) is 15.4. The van der Waals surface area contributed by atoms with Crippen LogP contribution in [0.3, 0.4) is 0 Å². The Hall–Kier alpha value is -3.50. The zero-order chi connectivity index (χ0) is 21.3. The first-order chi connectivity index (χ1) is 13.6. The molecule has 0 spiro atoms. The van der Waals surface area contributed by atoms with Gasteiger partial charge in [0.1, 0.15) is 0 Å². The van der Waals surface area contributed by atoms with Crippen molar-refractivity contribution >= 4 is 17.2 Å². The number of rotatable bonds is 5. The molecular weight excluding hydrogens is 391 g/mol. The largest absolute Gasteiger partial charge is 0.433 e. The van der Waals surface area contributed by atoms with Crippen LogP contribution in [-0.2, 0) is 6.18 Å². The fraction of sp³-hybridized carbons (Fsp3) is 0.278. The van der Waals surface area contributed by atoms with E-state index in [1.165, 1.54) is 30.3 Å². The van der Waals surface area contributed by atoms with Crippen LogP contribution in [0.4, 0.5) is 18.9 Å². The molecule has 2 aromatic heterocycles. The van der Waals surface area contributed by atoms with E-state index in [2.05, 4.69) is 15.4 Å². The van der Waals surface area contributed by atoms with Crippen LogP contribution >= 0.6 is 0 Å². The molecule has 1 amide bonds. The minimum Gasteiger partial charge on any atom is -0.348 e. The molecule has 0 bridgehead atoms. The molecule has 29 heavy (non-hydrogen) atoms. The van der Waals surface area contributed by atoms with E-state index >= 15 is 0 Å². The quantitative estimate of drug-likeness (QED) is 0.511. The lowest BCUT2D eigenvalue weighted by Gasteiger charge is -2.11. The Morgan fingerprint density at radius 3 is 2.48 bits per heavy atom. The van der Waals surface area contributed by atoms with E-state index in [9.17, 15) is 28.1 Å². The van der Waals surface area contributed by atoms with Gasteiger partial charge < -0.3 is 5.32 Å². The van der Waals surface area contributed by atoms with Gasteiger partial charge in [-0.2, -0.15) is 18.3 Å². The molecule has 3 aromatic rings. The maximum atomic E-state index is 13.6. The molecule has 3 rings (SSSR count). The van der Waals surface area contributed by atoms with E-state index in [1.54, 1.807) is 6.92 Å². The van der Waals surface area contributed by atoms with Crippen molar-refractivity contribution in [2.24, 2.45) is 0 Å². The molecular formula is C18H16F3N5O3. The lowest BCUT2D eigenvalue weighted by atomic mass is 10.1. The fourth-order valence-corrected chi connectivity index (χ4v) is 2.59. The lowest BCUT2D eigenvalue weighted by Crippen LogP contribution is -2.32. The molecule has 2 heterocycles. The standard InChI is InChI=1S/C18H16F3N5O3/c1-3-10(2)22-17(27)14-9-16-23-13(8-15(18(19,20)21)25(16)24-14)11-4-6-12(7-5-11)26(28)29/h4-10H,3H2,1-2H3,(H,22,27)/t10-/m0/s1. The number of aromatic nitrogens is 3. The first-order valence-electron chi connectivity index (χ1n) is 8.64. The molecule has 0 radical (unpaired) electrons. The van der Waals surface area contributed by atoms with E-state index in [4.69, 9.17) is 0 Å². The van der Waals surface area contributed by atoms with Crippen LogP contribution in [0.5, 0.6) is 0 Å². The topological polar surface area (TPSA) is 102 Å². The molecule has 0 aliphatic heterocycles. The number of nitrogens with zero attached hydrogens (tertiary/aromatic N) is 4. The van der Waals surface area contributed by atoms with Gasteiger partial charge in [-0.05, 0) is 31.5 Å². The number of halogens is 3. The number of hydrogen-bond acceptors (Lipinski definition) is 5. The number of carbonyl (C=O) groups is 1. The van der Waals surface area contributed by atoms with Gasteiger partial charge in [-0.1, -0.05) is 6.92 Å². The second kappa shape index (κ2) is 7.49. The van der Waals surface area contributed by atoms with Crippen molar-refractivity contribution in [2.75, 3.05) is 0 Å². The van der Waals surface area contributed by atoms with E-state index in [0.717, 1.165) is 6.07 Å². The molecule has 152 valence electrons. The minimum absolute atomic E-state index is 0.0477. The van der Waals surface area contributed by atoms with Crippen molar-refractivity contribution in [2.45, 2.75) is 32.5 Å². The molecule has 1 aromatic carbocycles. The van der Waals surface area contributed by atoms with Crippen molar-refractivity contribution in [1.29, 1.82) is 0 Å². The summed E-state index contributed by atoms with van der Waals surface area (Å²) in [7, 11) is 0. The van der Waals surface area contributed by atoms with Crippen molar-refractivity contribution in [3.05, 3.63) is 57.9 Å². The maximum Gasteiger partial charge on any atom is 0.433 e. The zero-order valence-corrected chi connectivity index (χ0v) is 15.4. The summed E-state index contributed by atoms with van der Waals surface area (Å²) >= 11 is 0. The van der Waals surface area contributed by atoms with Gasteiger partial charge in [-0.15, -0.1) is 0 Å². The van der Waals surface area contributed by atoms with Crippen molar-refractivity contribution in [3.8, 4) is 11.3 Å². The highest BCUT2D eigenvalue weighted by molar-refractivity contribution is 5.93. The molecule has 11 heteroatoms. The number of alkyl halides is 3. The normalized spacial score (nSPS) is 12.7. The van der Waals surface area contributed by atoms with Gasteiger partial charge >= 0.3 is 6.18 Å². The number of non-ortho nitro benzene ring substituents is 1. The van der Waals surface area contributed by atoms with Crippen LogP contribution < -0.4 is 5.32 Å². The number of amides is 1. The SMILES string of the molecule is CC[C@H](C)NC(=O)c1cc2nc(-c3ccc([N+](=O)[O-])cc3)cc(C(F)(F)F)n2n1. The molecule has 0 saturated carbocycles. The van der Waals surface area contributed by atoms with Gasteiger partial charge in [0, 0.05) is 29.8 Å². The van der Waals surface area contributed by atoms with Crippen LogP contribution in [0.1, 0.15) is 36.5 Å². The Labute approximate surface area is 162 Å². The Balaban J connectivity index is 2.11.